The number of benzene rings is 2. The number of aromatic nitrogens is 1. The first kappa shape index (κ1) is 18.0. The van der Waals surface area contributed by atoms with Gasteiger partial charge in [0.15, 0.2) is 5.69 Å². The van der Waals surface area contributed by atoms with E-state index in [0.717, 1.165) is 16.9 Å². The van der Waals surface area contributed by atoms with E-state index in [1.54, 1.807) is 31.2 Å². The van der Waals surface area contributed by atoms with Crippen molar-refractivity contribution in [3.05, 3.63) is 75.6 Å². The number of ether oxygens (including phenoxy) is 1. The molecule has 5 nitrogen and oxygen atoms in total. The largest absolute Gasteiger partial charge is 0.488 e. The van der Waals surface area contributed by atoms with E-state index in [2.05, 4.69) is 10.5 Å². The molecule has 0 atom stereocenters. The molecule has 0 aliphatic heterocycles. The van der Waals surface area contributed by atoms with Gasteiger partial charge < -0.3 is 14.6 Å². The van der Waals surface area contributed by atoms with Crippen molar-refractivity contribution in [2.24, 2.45) is 0 Å². The molecule has 0 saturated heterocycles. The second kappa shape index (κ2) is 7.62. The molecule has 0 bridgehead atoms. The molecule has 3 rings (SSSR count). The normalized spacial score (nSPS) is 10.6. The molecule has 0 aliphatic rings. The van der Waals surface area contributed by atoms with Gasteiger partial charge in [-0.05, 0) is 56.2 Å². The predicted molar refractivity (Wildman–Crippen MR) is 101 cm³/mol. The lowest BCUT2D eigenvalue weighted by Gasteiger charge is -2.11. The Hall–Kier alpha value is -2.79. The Kier molecular flexibility index (Phi) is 5.28. The van der Waals surface area contributed by atoms with Crippen molar-refractivity contribution in [1.82, 2.24) is 5.16 Å². The lowest BCUT2D eigenvalue weighted by atomic mass is 10.1. The number of anilines is 1. The number of nitrogens with one attached hydrogen (secondary N) is 1. The van der Waals surface area contributed by atoms with E-state index in [9.17, 15) is 4.79 Å². The Morgan fingerprint density at radius 3 is 2.73 bits per heavy atom. The van der Waals surface area contributed by atoms with E-state index in [-0.39, 0.29) is 18.2 Å². The molecule has 1 aromatic heterocycles. The van der Waals surface area contributed by atoms with Gasteiger partial charge in [0.05, 0.1) is 5.56 Å². The lowest BCUT2D eigenvalue weighted by Crippen LogP contribution is -2.15. The first-order chi connectivity index (χ1) is 12.5. The topological polar surface area (TPSA) is 64.4 Å². The molecular formula is C20H19ClN2O3. The van der Waals surface area contributed by atoms with Crippen LogP contribution in [-0.4, -0.2) is 11.1 Å². The number of carbonyl (C=O) groups excluding carboxylic acids is 1. The maximum Gasteiger partial charge on any atom is 0.278 e. The van der Waals surface area contributed by atoms with Crippen molar-refractivity contribution < 1.29 is 14.1 Å². The van der Waals surface area contributed by atoms with E-state index in [1.807, 2.05) is 32.0 Å². The van der Waals surface area contributed by atoms with E-state index >= 15 is 0 Å². The van der Waals surface area contributed by atoms with Gasteiger partial charge in [0.25, 0.3) is 5.91 Å². The van der Waals surface area contributed by atoms with Crippen LogP contribution >= 0.6 is 11.6 Å². The minimum absolute atomic E-state index is 0.192. The quantitative estimate of drug-likeness (QED) is 0.679. The van der Waals surface area contributed by atoms with Crippen LogP contribution in [-0.2, 0) is 6.61 Å². The van der Waals surface area contributed by atoms with Crippen molar-refractivity contribution >= 4 is 23.2 Å². The van der Waals surface area contributed by atoms with Crippen LogP contribution < -0.4 is 10.1 Å². The van der Waals surface area contributed by atoms with E-state index in [4.69, 9.17) is 20.9 Å². The third-order valence-corrected chi connectivity index (χ3v) is 4.44. The SMILES string of the molecule is Cc1cccc(OCc2c(C(=O)Nc3cccc(Cl)c3)noc2C)c1C. The summed E-state index contributed by atoms with van der Waals surface area (Å²) in [5.74, 6) is 0.946. The van der Waals surface area contributed by atoms with Crippen LogP contribution in [0.25, 0.3) is 0 Å². The van der Waals surface area contributed by atoms with E-state index < -0.39 is 0 Å². The third-order valence-electron chi connectivity index (χ3n) is 4.21. The molecule has 0 fully saturated rings. The maximum atomic E-state index is 12.6. The molecular weight excluding hydrogens is 352 g/mol. The lowest BCUT2D eigenvalue weighted by molar-refractivity contribution is 0.101. The molecule has 26 heavy (non-hydrogen) atoms. The summed E-state index contributed by atoms with van der Waals surface area (Å²) in [6.07, 6.45) is 0. The van der Waals surface area contributed by atoms with Crippen molar-refractivity contribution in [3.63, 3.8) is 0 Å². The maximum absolute atomic E-state index is 12.6. The molecule has 0 aliphatic carbocycles. The summed E-state index contributed by atoms with van der Waals surface area (Å²) in [5, 5.41) is 7.20. The molecule has 0 spiro atoms. The third kappa shape index (κ3) is 3.89. The molecule has 6 heteroatoms. The second-order valence-electron chi connectivity index (χ2n) is 6.02. The van der Waals surface area contributed by atoms with Crippen molar-refractivity contribution in [2.45, 2.75) is 27.4 Å². The zero-order chi connectivity index (χ0) is 18.7. The fourth-order valence-corrected chi connectivity index (χ4v) is 2.72. The first-order valence-corrected chi connectivity index (χ1v) is 8.54. The number of halogens is 1. The van der Waals surface area contributed by atoms with Crippen LogP contribution in [0.15, 0.2) is 47.0 Å². The van der Waals surface area contributed by atoms with Gasteiger partial charge in [0.1, 0.15) is 18.1 Å². The number of rotatable bonds is 5. The average Bonchev–Trinajstić information content (AvgIpc) is 2.97. The Labute approximate surface area is 156 Å². The van der Waals surface area contributed by atoms with Crippen LogP contribution in [0.5, 0.6) is 5.75 Å². The number of nitrogens with zero attached hydrogens (tertiary/aromatic N) is 1. The Bertz CT molecular complexity index is 950. The summed E-state index contributed by atoms with van der Waals surface area (Å²) in [5.41, 5.74) is 3.61. The van der Waals surface area contributed by atoms with Crippen LogP contribution in [0.3, 0.4) is 0 Å². The van der Waals surface area contributed by atoms with Crippen LogP contribution in [0.4, 0.5) is 5.69 Å². The fourth-order valence-electron chi connectivity index (χ4n) is 2.53. The van der Waals surface area contributed by atoms with Gasteiger partial charge in [0, 0.05) is 10.7 Å². The average molecular weight is 371 g/mol. The minimum Gasteiger partial charge on any atom is -0.488 e. The molecule has 0 saturated carbocycles. The van der Waals surface area contributed by atoms with Gasteiger partial charge in [-0.15, -0.1) is 0 Å². The van der Waals surface area contributed by atoms with Gasteiger partial charge in [-0.3, -0.25) is 4.79 Å². The summed E-state index contributed by atoms with van der Waals surface area (Å²) >= 11 is 5.95. The minimum atomic E-state index is -0.372. The fraction of sp³-hybridized carbons (Fsp3) is 0.200. The number of amides is 1. The summed E-state index contributed by atoms with van der Waals surface area (Å²) in [6, 6.07) is 12.8. The second-order valence-corrected chi connectivity index (χ2v) is 6.45. The summed E-state index contributed by atoms with van der Waals surface area (Å²) in [6.45, 7) is 5.97. The van der Waals surface area contributed by atoms with Crippen molar-refractivity contribution in [1.29, 1.82) is 0 Å². The van der Waals surface area contributed by atoms with Gasteiger partial charge >= 0.3 is 0 Å². The summed E-state index contributed by atoms with van der Waals surface area (Å²) in [7, 11) is 0. The summed E-state index contributed by atoms with van der Waals surface area (Å²) in [4.78, 5) is 12.6. The summed E-state index contributed by atoms with van der Waals surface area (Å²) < 4.78 is 11.1. The van der Waals surface area contributed by atoms with Crippen molar-refractivity contribution in [3.8, 4) is 5.75 Å². The van der Waals surface area contributed by atoms with Crippen LogP contribution in [0, 0.1) is 20.8 Å². The smallest absolute Gasteiger partial charge is 0.278 e. The predicted octanol–water partition coefficient (Wildman–Crippen LogP) is 5.08. The number of hydrogen-bond donors (Lipinski definition) is 1. The zero-order valence-corrected chi connectivity index (χ0v) is 15.6. The molecule has 2 aromatic carbocycles. The molecule has 1 N–H and O–H groups in total. The van der Waals surface area contributed by atoms with E-state index in [0.29, 0.717) is 22.0 Å². The molecule has 3 aromatic rings. The van der Waals surface area contributed by atoms with Crippen LogP contribution in [0.2, 0.25) is 5.02 Å². The van der Waals surface area contributed by atoms with E-state index in [1.165, 1.54) is 0 Å². The highest BCUT2D eigenvalue weighted by Gasteiger charge is 2.21. The standard InChI is InChI=1S/C20H19ClN2O3/c1-12-6-4-9-18(13(12)2)25-11-17-14(3)26-23-19(17)20(24)22-16-8-5-7-15(21)10-16/h4-10H,11H2,1-3H3,(H,22,24). The molecule has 0 radical (unpaired) electrons. The monoisotopic (exact) mass is 370 g/mol. The number of aryl methyl sites for hydroxylation is 2. The first-order valence-electron chi connectivity index (χ1n) is 8.17. The Morgan fingerprint density at radius 2 is 1.96 bits per heavy atom. The number of carbonyl (C=O) groups is 1. The molecule has 0 unspecified atom stereocenters. The van der Waals surface area contributed by atoms with Gasteiger partial charge in [-0.1, -0.05) is 35.0 Å². The highest BCUT2D eigenvalue weighted by Crippen LogP contribution is 2.24. The number of hydrogen-bond acceptors (Lipinski definition) is 4. The van der Waals surface area contributed by atoms with Gasteiger partial charge in [0.2, 0.25) is 0 Å². The highest BCUT2D eigenvalue weighted by molar-refractivity contribution is 6.30. The molecule has 134 valence electrons. The van der Waals surface area contributed by atoms with Gasteiger partial charge in [-0.25, -0.2) is 0 Å². The van der Waals surface area contributed by atoms with Crippen molar-refractivity contribution in [2.75, 3.05) is 5.32 Å². The zero-order valence-electron chi connectivity index (χ0n) is 14.8. The molecule has 1 amide bonds. The van der Waals surface area contributed by atoms with Gasteiger partial charge in [-0.2, -0.15) is 0 Å². The van der Waals surface area contributed by atoms with Crippen LogP contribution in [0.1, 0.15) is 32.9 Å². The highest BCUT2D eigenvalue weighted by atomic mass is 35.5. The molecule has 1 heterocycles. The Balaban J connectivity index is 1.78. The Morgan fingerprint density at radius 1 is 1.19 bits per heavy atom.